The van der Waals surface area contributed by atoms with Gasteiger partial charge in [-0.25, -0.2) is 0 Å². The van der Waals surface area contributed by atoms with Crippen LogP contribution in [-0.2, 0) is 0 Å². The molecule has 0 aliphatic carbocycles. The average Bonchev–Trinajstić information content (AvgIpc) is 2.17. The molecular formula is C12H18N2S. The summed E-state index contributed by atoms with van der Waals surface area (Å²) in [5.41, 5.74) is 1.30. The van der Waals surface area contributed by atoms with E-state index in [-0.39, 0.29) is 0 Å². The molecular weight excluding hydrogens is 204 g/mol. The van der Waals surface area contributed by atoms with Crippen LogP contribution in [0.4, 0.5) is 5.69 Å². The van der Waals surface area contributed by atoms with Crippen molar-refractivity contribution in [2.24, 2.45) is 0 Å². The lowest BCUT2D eigenvalue weighted by Gasteiger charge is -2.37. The van der Waals surface area contributed by atoms with E-state index in [4.69, 9.17) is 0 Å². The molecule has 1 N–H and O–H groups in total. The molecule has 0 aromatic heterocycles. The fraction of sp³-hybridized carbons (Fsp3) is 0.500. The largest absolute Gasteiger partial charge is 0.368 e. The molecule has 15 heavy (non-hydrogen) atoms. The Morgan fingerprint density at radius 3 is 2.20 bits per heavy atom. The van der Waals surface area contributed by atoms with Gasteiger partial charge in [-0.1, -0.05) is 0 Å². The van der Waals surface area contributed by atoms with Gasteiger partial charge in [-0.3, -0.25) is 0 Å². The molecule has 1 aromatic carbocycles. The number of anilines is 1. The standard InChI is InChI=1S/C12H18N2S/c1-9-7-14(8-10(2)13-9)11-3-5-12(15)6-4-11/h3-6,9-10,13,15H,7-8H2,1-2H3/t9-,10+. The molecule has 0 saturated carbocycles. The summed E-state index contributed by atoms with van der Waals surface area (Å²) >= 11 is 4.30. The molecule has 1 aliphatic rings. The highest BCUT2D eigenvalue weighted by molar-refractivity contribution is 7.80. The highest BCUT2D eigenvalue weighted by atomic mass is 32.1. The molecule has 0 radical (unpaired) electrons. The second-order valence-corrected chi connectivity index (χ2v) is 4.91. The van der Waals surface area contributed by atoms with Crippen molar-refractivity contribution in [3.63, 3.8) is 0 Å². The summed E-state index contributed by atoms with van der Waals surface area (Å²) in [6.45, 7) is 6.62. The Kier molecular flexibility index (Phi) is 3.22. The SMILES string of the molecule is C[C@@H]1CN(c2ccc(S)cc2)C[C@H](C)N1. The molecule has 2 atom stereocenters. The highest BCUT2D eigenvalue weighted by Crippen LogP contribution is 2.19. The minimum atomic E-state index is 0.560. The van der Waals surface area contributed by atoms with Crippen LogP contribution in [0.2, 0.25) is 0 Å². The van der Waals surface area contributed by atoms with E-state index < -0.39 is 0 Å². The highest BCUT2D eigenvalue weighted by Gasteiger charge is 2.20. The van der Waals surface area contributed by atoms with E-state index in [0.717, 1.165) is 18.0 Å². The van der Waals surface area contributed by atoms with E-state index in [1.54, 1.807) is 0 Å². The maximum atomic E-state index is 4.30. The fourth-order valence-electron chi connectivity index (χ4n) is 2.20. The van der Waals surface area contributed by atoms with Gasteiger partial charge in [0.05, 0.1) is 0 Å². The fourth-order valence-corrected chi connectivity index (χ4v) is 2.35. The zero-order valence-corrected chi connectivity index (χ0v) is 10.2. The van der Waals surface area contributed by atoms with Crippen molar-refractivity contribution in [1.29, 1.82) is 0 Å². The number of piperazine rings is 1. The molecule has 3 heteroatoms. The summed E-state index contributed by atoms with van der Waals surface area (Å²) in [5.74, 6) is 0. The summed E-state index contributed by atoms with van der Waals surface area (Å²) in [6.07, 6.45) is 0. The molecule has 0 spiro atoms. The number of hydrogen-bond donors (Lipinski definition) is 2. The first kappa shape index (κ1) is 10.8. The van der Waals surface area contributed by atoms with Gasteiger partial charge in [0.1, 0.15) is 0 Å². The molecule has 0 amide bonds. The van der Waals surface area contributed by atoms with Crippen LogP contribution in [0.5, 0.6) is 0 Å². The second-order valence-electron chi connectivity index (χ2n) is 4.39. The molecule has 2 nitrogen and oxygen atoms in total. The molecule has 82 valence electrons. The molecule has 0 bridgehead atoms. The number of thiol groups is 1. The van der Waals surface area contributed by atoms with Crippen molar-refractivity contribution in [3.05, 3.63) is 24.3 Å². The van der Waals surface area contributed by atoms with E-state index in [1.165, 1.54) is 5.69 Å². The maximum absolute atomic E-state index is 4.30. The third-order valence-electron chi connectivity index (χ3n) is 2.77. The van der Waals surface area contributed by atoms with Gasteiger partial charge in [-0.05, 0) is 38.1 Å². The average molecular weight is 222 g/mol. The van der Waals surface area contributed by atoms with Crippen LogP contribution in [0.25, 0.3) is 0 Å². The lowest BCUT2D eigenvalue weighted by atomic mass is 10.1. The van der Waals surface area contributed by atoms with Gasteiger partial charge in [-0.2, -0.15) is 0 Å². The lowest BCUT2D eigenvalue weighted by Crippen LogP contribution is -2.54. The summed E-state index contributed by atoms with van der Waals surface area (Å²) in [4.78, 5) is 3.45. The molecule has 1 fully saturated rings. The van der Waals surface area contributed by atoms with Crippen LogP contribution < -0.4 is 10.2 Å². The van der Waals surface area contributed by atoms with Crippen LogP contribution in [0, 0.1) is 0 Å². The molecule has 0 unspecified atom stereocenters. The van der Waals surface area contributed by atoms with E-state index >= 15 is 0 Å². The first-order valence-corrected chi connectivity index (χ1v) is 5.90. The van der Waals surface area contributed by atoms with Crippen LogP contribution in [0.1, 0.15) is 13.8 Å². The Bertz CT molecular complexity index is 313. The van der Waals surface area contributed by atoms with Gasteiger partial charge in [0.2, 0.25) is 0 Å². The zero-order valence-electron chi connectivity index (χ0n) is 9.27. The normalized spacial score (nSPS) is 26.7. The molecule has 1 heterocycles. The minimum Gasteiger partial charge on any atom is -0.368 e. The number of rotatable bonds is 1. The van der Waals surface area contributed by atoms with Crippen molar-refractivity contribution in [2.45, 2.75) is 30.8 Å². The van der Waals surface area contributed by atoms with E-state index in [9.17, 15) is 0 Å². The minimum absolute atomic E-state index is 0.560. The maximum Gasteiger partial charge on any atom is 0.0368 e. The molecule has 2 rings (SSSR count). The molecule has 1 aliphatic heterocycles. The number of nitrogens with zero attached hydrogens (tertiary/aromatic N) is 1. The van der Waals surface area contributed by atoms with Crippen LogP contribution in [0.15, 0.2) is 29.2 Å². The molecule has 1 aromatic rings. The number of nitrogens with one attached hydrogen (secondary N) is 1. The van der Waals surface area contributed by atoms with Gasteiger partial charge in [0.15, 0.2) is 0 Å². The van der Waals surface area contributed by atoms with Gasteiger partial charge < -0.3 is 10.2 Å². The van der Waals surface area contributed by atoms with Gasteiger partial charge in [-0.15, -0.1) is 12.6 Å². The summed E-state index contributed by atoms with van der Waals surface area (Å²) < 4.78 is 0. The Hall–Kier alpha value is -0.670. The summed E-state index contributed by atoms with van der Waals surface area (Å²) in [6, 6.07) is 9.51. The van der Waals surface area contributed by atoms with Crippen LogP contribution in [0.3, 0.4) is 0 Å². The first-order valence-electron chi connectivity index (χ1n) is 5.45. The molecule has 1 saturated heterocycles. The van der Waals surface area contributed by atoms with Crippen molar-refractivity contribution in [3.8, 4) is 0 Å². The van der Waals surface area contributed by atoms with Gasteiger partial charge >= 0.3 is 0 Å². The Labute approximate surface area is 97.1 Å². The van der Waals surface area contributed by atoms with Gasteiger partial charge in [0.25, 0.3) is 0 Å². The second kappa shape index (κ2) is 4.45. The van der Waals surface area contributed by atoms with Crippen molar-refractivity contribution in [2.75, 3.05) is 18.0 Å². The first-order chi connectivity index (χ1) is 7.15. The van der Waals surface area contributed by atoms with Crippen molar-refractivity contribution in [1.82, 2.24) is 5.32 Å². The summed E-state index contributed by atoms with van der Waals surface area (Å²) in [7, 11) is 0. The van der Waals surface area contributed by atoms with Crippen LogP contribution >= 0.6 is 12.6 Å². The lowest BCUT2D eigenvalue weighted by molar-refractivity contribution is 0.407. The van der Waals surface area contributed by atoms with Crippen molar-refractivity contribution < 1.29 is 0 Å². The Morgan fingerprint density at radius 2 is 1.67 bits per heavy atom. The Balaban J connectivity index is 2.12. The topological polar surface area (TPSA) is 15.3 Å². The Morgan fingerprint density at radius 1 is 1.13 bits per heavy atom. The third-order valence-corrected chi connectivity index (χ3v) is 3.07. The predicted molar refractivity (Wildman–Crippen MR) is 68.0 cm³/mol. The third kappa shape index (κ3) is 2.67. The number of benzene rings is 1. The quantitative estimate of drug-likeness (QED) is 0.708. The van der Waals surface area contributed by atoms with E-state index in [2.05, 4.69) is 61.0 Å². The van der Waals surface area contributed by atoms with Gasteiger partial charge in [0, 0.05) is 35.8 Å². The summed E-state index contributed by atoms with van der Waals surface area (Å²) in [5, 5.41) is 3.53. The van der Waals surface area contributed by atoms with Crippen LogP contribution in [-0.4, -0.2) is 25.2 Å². The zero-order chi connectivity index (χ0) is 10.8. The monoisotopic (exact) mass is 222 g/mol. The smallest absolute Gasteiger partial charge is 0.0368 e. The predicted octanol–water partition coefficient (Wildman–Crippen LogP) is 2.16. The van der Waals surface area contributed by atoms with E-state index in [1.807, 2.05) is 0 Å². The van der Waals surface area contributed by atoms with Crippen molar-refractivity contribution >= 4 is 18.3 Å². The number of hydrogen-bond acceptors (Lipinski definition) is 3. The van der Waals surface area contributed by atoms with E-state index in [0.29, 0.717) is 12.1 Å².